The second kappa shape index (κ2) is 6.70. The minimum atomic E-state index is -0.366. The van der Waals surface area contributed by atoms with Crippen LogP contribution in [0.2, 0.25) is 0 Å². The molecule has 0 radical (unpaired) electrons. The van der Waals surface area contributed by atoms with Gasteiger partial charge in [-0.1, -0.05) is 18.2 Å². The highest BCUT2D eigenvalue weighted by atomic mass is 16.5. The number of aromatic amines is 1. The number of fused-ring (bicyclic) bond motifs is 1. The van der Waals surface area contributed by atoms with Crippen molar-refractivity contribution in [2.75, 3.05) is 13.2 Å². The fraction of sp³-hybridized carbons (Fsp3) is 0.421. The van der Waals surface area contributed by atoms with Crippen LogP contribution in [-0.4, -0.2) is 29.0 Å². The summed E-state index contributed by atoms with van der Waals surface area (Å²) in [5, 5.41) is 2.88. The van der Waals surface area contributed by atoms with Crippen LogP contribution in [0.3, 0.4) is 0 Å². The number of hydrogen-bond acceptors (Lipinski definition) is 4. The third-order valence-corrected chi connectivity index (χ3v) is 4.84. The molecule has 1 aliphatic heterocycles. The lowest BCUT2D eigenvalue weighted by Crippen LogP contribution is -2.34. The molecular formula is C19H21N3O3. The molecule has 0 bridgehead atoms. The quantitative estimate of drug-likeness (QED) is 0.892. The van der Waals surface area contributed by atoms with Crippen molar-refractivity contribution in [2.45, 2.75) is 31.6 Å². The third-order valence-electron chi connectivity index (χ3n) is 4.84. The number of carbonyl (C=O) groups is 1. The molecule has 2 aromatic rings. The first-order valence-corrected chi connectivity index (χ1v) is 8.79. The molecule has 130 valence electrons. The normalized spacial score (nSPS) is 19.4. The molecule has 1 aromatic carbocycles. The van der Waals surface area contributed by atoms with E-state index in [1.54, 1.807) is 0 Å². The van der Waals surface area contributed by atoms with Crippen molar-refractivity contribution in [3.05, 3.63) is 57.8 Å². The number of carbonyl (C=O) groups excluding carboxylic acids is 1. The van der Waals surface area contributed by atoms with E-state index in [1.807, 2.05) is 18.2 Å². The van der Waals surface area contributed by atoms with Crippen LogP contribution < -0.4 is 15.6 Å². The van der Waals surface area contributed by atoms with Crippen LogP contribution in [0.25, 0.3) is 0 Å². The number of para-hydroxylation sites is 1. The zero-order valence-electron chi connectivity index (χ0n) is 14.0. The van der Waals surface area contributed by atoms with Crippen LogP contribution >= 0.6 is 0 Å². The van der Waals surface area contributed by atoms with Gasteiger partial charge in [0, 0.05) is 18.7 Å². The van der Waals surface area contributed by atoms with Crippen molar-refractivity contribution in [3.63, 3.8) is 0 Å². The van der Waals surface area contributed by atoms with Crippen molar-refractivity contribution >= 4 is 5.91 Å². The van der Waals surface area contributed by atoms with Crippen molar-refractivity contribution in [1.82, 2.24) is 15.3 Å². The number of nitrogens with one attached hydrogen (secondary N) is 2. The van der Waals surface area contributed by atoms with Gasteiger partial charge in [0.1, 0.15) is 17.1 Å². The maximum Gasteiger partial charge on any atom is 0.263 e. The zero-order valence-corrected chi connectivity index (χ0v) is 14.0. The smallest absolute Gasteiger partial charge is 0.263 e. The second-order valence-corrected chi connectivity index (χ2v) is 6.81. The summed E-state index contributed by atoms with van der Waals surface area (Å²) >= 11 is 0. The summed E-state index contributed by atoms with van der Waals surface area (Å²) in [7, 11) is 0. The predicted molar refractivity (Wildman–Crippen MR) is 92.9 cm³/mol. The lowest BCUT2D eigenvalue weighted by Gasteiger charge is -2.14. The summed E-state index contributed by atoms with van der Waals surface area (Å²) in [5.74, 6) is 1.89. The standard InChI is InChI=1S/C19H21N3O3/c23-18(15-11-20-17(13-5-6-13)22-19(15)24)21-10-12-7-8-25-16-4-2-1-3-14(16)9-12/h1-4,11-13H,5-10H2,(H,21,23)(H,20,22,24)/t12-/m0/s1. The van der Waals surface area contributed by atoms with Gasteiger partial charge in [0.05, 0.1) is 6.61 Å². The van der Waals surface area contributed by atoms with Crippen molar-refractivity contribution in [2.24, 2.45) is 5.92 Å². The molecule has 1 amide bonds. The van der Waals surface area contributed by atoms with Crippen molar-refractivity contribution in [1.29, 1.82) is 0 Å². The molecule has 0 saturated heterocycles. The van der Waals surface area contributed by atoms with Crippen LogP contribution in [-0.2, 0) is 6.42 Å². The van der Waals surface area contributed by atoms with Gasteiger partial charge in [-0.2, -0.15) is 0 Å². The van der Waals surface area contributed by atoms with Gasteiger partial charge < -0.3 is 15.0 Å². The fourth-order valence-corrected chi connectivity index (χ4v) is 3.20. The number of nitrogens with zero attached hydrogens (tertiary/aromatic N) is 1. The third kappa shape index (κ3) is 3.57. The van der Waals surface area contributed by atoms with Gasteiger partial charge in [0.25, 0.3) is 11.5 Å². The maximum atomic E-state index is 12.3. The van der Waals surface area contributed by atoms with E-state index in [0.29, 0.717) is 24.9 Å². The molecule has 1 atom stereocenters. The van der Waals surface area contributed by atoms with Crippen LogP contribution in [0.15, 0.2) is 35.3 Å². The zero-order chi connectivity index (χ0) is 17.2. The highest BCUT2D eigenvalue weighted by molar-refractivity contribution is 5.93. The van der Waals surface area contributed by atoms with Gasteiger partial charge in [0.2, 0.25) is 0 Å². The number of hydrogen-bond donors (Lipinski definition) is 2. The highest BCUT2D eigenvalue weighted by Gasteiger charge is 2.27. The Kier molecular flexibility index (Phi) is 4.26. The molecule has 2 N–H and O–H groups in total. The topological polar surface area (TPSA) is 84.1 Å². The van der Waals surface area contributed by atoms with Crippen molar-refractivity contribution in [3.8, 4) is 5.75 Å². The molecule has 6 heteroatoms. The number of ether oxygens (including phenoxy) is 1. The molecule has 0 unspecified atom stereocenters. The SMILES string of the molecule is O=C(NC[C@H]1CCOc2ccccc2C1)c1cnc(C2CC2)[nH]c1=O. The Morgan fingerprint density at radius 3 is 2.92 bits per heavy atom. The molecule has 0 spiro atoms. The van der Waals surface area contributed by atoms with Crippen LogP contribution in [0, 0.1) is 5.92 Å². The van der Waals surface area contributed by atoms with E-state index in [-0.39, 0.29) is 22.9 Å². The number of aromatic nitrogens is 2. The van der Waals surface area contributed by atoms with Gasteiger partial charge >= 0.3 is 0 Å². The van der Waals surface area contributed by atoms with Crippen LogP contribution in [0.1, 0.15) is 46.9 Å². The van der Waals surface area contributed by atoms with Gasteiger partial charge in [-0.05, 0) is 43.2 Å². The van der Waals surface area contributed by atoms with E-state index in [1.165, 1.54) is 6.20 Å². The van der Waals surface area contributed by atoms with Gasteiger partial charge in [-0.3, -0.25) is 9.59 Å². The molecule has 4 rings (SSSR count). The van der Waals surface area contributed by atoms with E-state index in [2.05, 4.69) is 21.4 Å². The molecule has 1 aromatic heterocycles. The van der Waals surface area contributed by atoms with Crippen molar-refractivity contribution < 1.29 is 9.53 Å². The van der Waals surface area contributed by atoms with E-state index < -0.39 is 0 Å². The Labute approximate surface area is 145 Å². The molecular weight excluding hydrogens is 318 g/mol. The molecule has 1 saturated carbocycles. The summed E-state index contributed by atoms with van der Waals surface area (Å²) in [4.78, 5) is 31.4. The fourth-order valence-electron chi connectivity index (χ4n) is 3.20. The molecule has 2 heterocycles. The average Bonchev–Trinajstić information content (AvgIpc) is 3.46. The Morgan fingerprint density at radius 1 is 1.28 bits per heavy atom. The van der Waals surface area contributed by atoms with E-state index in [9.17, 15) is 9.59 Å². The van der Waals surface area contributed by atoms with E-state index >= 15 is 0 Å². The lowest BCUT2D eigenvalue weighted by molar-refractivity contribution is 0.0943. The molecule has 1 fully saturated rings. The molecule has 1 aliphatic carbocycles. The maximum absolute atomic E-state index is 12.3. The lowest BCUT2D eigenvalue weighted by atomic mass is 9.97. The first-order valence-electron chi connectivity index (χ1n) is 8.79. The van der Waals surface area contributed by atoms with Gasteiger partial charge in [-0.25, -0.2) is 4.98 Å². The minimum absolute atomic E-state index is 0.0784. The number of H-pyrrole nitrogens is 1. The Hall–Kier alpha value is -2.63. The highest BCUT2D eigenvalue weighted by Crippen LogP contribution is 2.37. The summed E-state index contributed by atoms with van der Waals surface area (Å²) in [5.41, 5.74) is 0.881. The summed E-state index contributed by atoms with van der Waals surface area (Å²) in [6.45, 7) is 1.15. The van der Waals surface area contributed by atoms with Crippen LogP contribution in [0.5, 0.6) is 5.75 Å². The second-order valence-electron chi connectivity index (χ2n) is 6.81. The molecule has 2 aliphatic rings. The first-order chi connectivity index (χ1) is 12.2. The van der Waals surface area contributed by atoms with Gasteiger partial charge in [0.15, 0.2) is 0 Å². The Balaban J connectivity index is 1.39. The molecule has 6 nitrogen and oxygen atoms in total. The number of benzene rings is 1. The van der Waals surface area contributed by atoms with Gasteiger partial charge in [-0.15, -0.1) is 0 Å². The number of amides is 1. The Bertz CT molecular complexity index is 842. The summed E-state index contributed by atoms with van der Waals surface area (Å²) in [6.07, 6.45) is 5.22. The minimum Gasteiger partial charge on any atom is -0.493 e. The van der Waals surface area contributed by atoms with E-state index in [0.717, 1.165) is 37.0 Å². The summed E-state index contributed by atoms with van der Waals surface area (Å²) in [6, 6.07) is 7.99. The summed E-state index contributed by atoms with van der Waals surface area (Å²) < 4.78 is 5.75. The number of rotatable bonds is 4. The predicted octanol–water partition coefficient (Wildman–Crippen LogP) is 2.02. The average molecular weight is 339 g/mol. The van der Waals surface area contributed by atoms with Crippen LogP contribution in [0.4, 0.5) is 0 Å². The first kappa shape index (κ1) is 15.9. The molecule has 25 heavy (non-hydrogen) atoms. The van der Waals surface area contributed by atoms with E-state index in [4.69, 9.17) is 4.74 Å². The largest absolute Gasteiger partial charge is 0.493 e. The Morgan fingerprint density at radius 2 is 2.12 bits per heavy atom. The monoisotopic (exact) mass is 339 g/mol.